The summed E-state index contributed by atoms with van der Waals surface area (Å²) >= 11 is 0. The minimum atomic E-state index is 0.0304. The Hall–Kier alpha value is -2.41. The van der Waals surface area contributed by atoms with Crippen molar-refractivity contribution < 1.29 is 4.79 Å². The third-order valence-electron chi connectivity index (χ3n) is 4.54. The topological polar surface area (TPSA) is 77.2 Å². The molecular formula is C18H26N6O. The molecule has 1 aromatic carbocycles. The first-order valence-electron chi connectivity index (χ1n) is 8.78. The number of amides is 2. The molecule has 0 atom stereocenters. The highest BCUT2D eigenvalue weighted by molar-refractivity contribution is 5.74. The highest BCUT2D eigenvalue weighted by atomic mass is 16.2. The Kier molecular flexibility index (Phi) is 5.65. The molecular weight excluding hydrogens is 316 g/mol. The molecule has 1 aliphatic rings. The summed E-state index contributed by atoms with van der Waals surface area (Å²) in [6.07, 6.45) is 1.81. The summed E-state index contributed by atoms with van der Waals surface area (Å²) in [6, 6.07) is 10.00. The molecule has 0 unspecified atom stereocenters. The van der Waals surface area contributed by atoms with Gasteiger partial charge >= 0.3 is 6.03 Å². The van der Waals surface area contributed by atoms with E-state index in [0.717, 1.165) is 49.7 Å². The van der Waals surface area contributed by atoms with Crippen LogP contribution in [0.3, 0.4) is 0 Å². The predicted molar refractivity (Wildman–Crippen MR) is 97.3 cm³/mol. The molecule has 1 aliphatic heterocycles. The van der Waals surface area contributed by atoms with Crippen molar-refractivity contribution in [2.24, 2.45) is 0 Å². The van der Waals surface area contributed by atoms with Gasteiger partial charge in [0, 0.05) is 37.7 Å². The van der Waals surface area contributed by atoms with Crippen molar-refractivity contribution in [1.29, 1.82) is 0 Å². The van der Waals surface area contributed by atoms with Crippen LogP contribution in [0.1, 0.15) is 24.6 Å². The lowest BCUT2D eigenvalue weighted by molar-refractivity contribution is 0.179. The number of H-pyrrole nitrogens is 1. The second-order valence-electron chi connectivity index (χ2n) is 6.71. The quantitative estimate of drug-likeness (QED) is 0.870. The second-order valence-corrected chi connectivity index (χ2v) is 6.71. The van der Waals surface area contributed by atoms with Gasteiger partial charge in [-0.2, -0.15) is 5.10 Å². The summed E-state index contributed by atoms with van der Waals surface area (Å²) in [5.74, 6) is 1.99. The molecule has 2 heterocycles. The van der Waals surface area contributed by atoms with E-state index in [1.54, 1.807) is 0 Å². The molecule has 1 fully saturated rings. The molecule has 0 aliphatic carbocycles. The molecule has 2 N–H and O–H groups in total. The maximum absolute atomic E-state index is 12.2. The fourth-order valence-electron chi connectivity index (χ4n) is 3.03. The third kappa shape index (κ3) is 4.57. The smallest absolute Gasteiger partial charge is 0.317 e. The predicted octanol–water partition coefficient (Wildman–Crippen LogP) is 1.92. The van der Waals surface area contributed by atoms with E-state index in [0.29, 0.717) is 12.5 Å². The summed E-state index contributed by atoms with van der Waals surface area (Å²) in [5.41, 5.74) is 1.02. The standard InChI is InChI=1S/C18H26N6O/c1-23(2)13-10-19-18(25)24-11-8-15(9-12-24)17-20-16(21-22-17)14-6-4-3-5-7-14/h3-7,15H,8-13H2,1-2H3,(H,19,25)(H,20,21,22). The number of benzene rings is 1. The molecule has 134 valence electrons. The van der Waals surface area contributed by atoms with Crippen LogP contribution in [0.4, 0.5) is 4.79 Å². The number of nitrogens with zero attached hydrogens (tertiary/aromatic N) is 4. The van der Waals surface area contributed by atoms with Gasteiger partial charge in [0.1, 0.15) is 5.82 Å². The average Bonchev–Trinajstić information content (AvgIpc) is 3.12. The lowest BCUT2D eigenvalue weighted by atomic mass is 9.96. The zero-order valence-corrected chi connectivity index (χ0v) is 14.9. The fraction of sp³-hybridized carbons (Fsp3) is 0.500. The van der Waals surface area contributed by atoms with E-state index in [2.05, 4.69) is 25.4 Å². The SMILES string of the molecule is CN(C)CCNC(=O)N1CCC(c2nc(-c3ccccc3)n[nH]2)CC1. The number of likely N-dealkylation sites (N-methyl/N-ethyl adjacent to an activating group) is 1. The molecule has 0 radical (unpaired) electrons. The second kappa shape index (κ2) is 8.11. The molecule has 7 nitrogen and oxygen atoms in total. The van der Waals surface area contributed by atoms with E-state index in [1.807, 2.05) is 49.3 Å². The van der Waals surface area contributed by atoms with Crippen LogP contribution in [-0.2, 0) is 0 Å². The molecule has 2 amide bonds. The summed E-state index contributed by atoms with van der Waals surface area (Å²) in [7, 11) is 4.00. The van der Waals surface area contributed by atoms with Gasteiger partial charge in [-0.15, -0.1) is 0 Å². The van der Waals surface area contributed by atoms with E-state index < -0.39 is 0 Å². The Labute approximate surface area is 148 Å². The number of carbonyl (C=O) groups is 1. The highest BCUT2D eigenvalue weighted by Crippen LogP contribution is 2.26. The molecule has 2 aromatic rings. The van der Waals surface area contributed by atoms with Crippen LogP contribution < -0.4 is 5.32 Å². The number of piperidine rings is 1. The zero-order valence-electron chi connectivity index (χ0n) is 14.9. The van der Waals surface area contributed by atoms with Gasteiger partial charge in [0.05, 0.1) is 0 Å². The van der Waals surface area contributed by atoms with E-state index in [1.165, 1.54) is 0 Å². The Morgan fingerprint density at radius 1 is 1.28 bits per heavy atom. The lowest BCUT2D eigenvalue weighted by Crippen LogP contribution is -2.45. The van der Waals surface area contributed by atoms with Gasteiger partial charge in [-0.05, 0) is 26.9 Å². The zero-order chi connectivity index (χ0) is 17.6. The summed E-state index contributed by atoms with van der Waals surface area (Å²) in [4.78, 5) is 20.8. The minimum Gasteiger partial charge on any atom is -0.337 e. The van der Waals surface area contributed by atoms with Crippen molar-refractivity contribution in [2.45, 2.75) is 18.8 Å². The third-order valence-corrected chi connectivity index (χ3v) is 4.54. The molecule has 3 rings (SSSR count). The van der Waals surface area contributed by atoms with E-state index >= 15 is 0 Å². The minimum absolute atomic E-state index is 0.0304. The summed E-state index contributed by atoms with van der Waals surface area (Å²) in [5, 5.41) is 10.4. The molecule has 0 saturated carbocycles. The van der Waals surface area contributed by atoms with Crippen molar-refractivity contribution in [3.63, 3.8) is 0 Å². The van der Waals surface area contributed by atoms with Crippen molar-refractivity contribution in [1.82, 2.24) is 30.3 Å². The monoisotopic (exact) mass is 342 g/mol. The molecule has 1 saturated heterocycles. The van der Waals surface area contributed by atoms with Gasteiger partial charge in [-0.3, -0.25) is 5.10 Å². The Morgan fingerprint density at radius 2 is 2.00 bits per heavy atom. The Bertz CT molecular complexity index is 676. The molecule has 1 aromatic heterocycles. The van der Waals surface area contributed by atoms with Crippen LogP contribution in [0.25, 0.3) is 11.4 Å². The van der Waals surface area contributed by atoms with Gasteiger partial charge in [0.15, 0.2) is 5.82 Å². The van der Waals surface area contributed by atoms with Crippen LogP contribution >= 0.6 is 0 Å². The van der Waals surface area contributed by atoms with Crippen molar-refractivity contribution in [3.05, 3.63) is 36.2 Å². The number of aromatic amines is 1. The maximum Gasteiger partial charge on any atom is 0.317 e. The van der Waals surface area contributed by atoms with Crippen LogP contribution in [-0.4, -0.2) is 71.3 Å². The van der Waals surface area contributed by atoms with Crippen molar-refractivity contribution >= 4 is 6.03 Å². The highest BCUT2D eigenvalue weighted by Gasteiger charge is 2.26. The van der Waals surface area contributed by atoms with Crippen LogP contribution in [0.2, 0.25) is 0 Å². The number of carbonyl (C=O) groups excluding carboxylic acids is 1. The number of urea groups is 1. The summed E-state index contributed by atoms with van der Waals surface area (Å²) in [6.45, 7) is 3.02. The molecule has 0 bridgehead atoms. The van der Waals surface area contributed by atoms with Gasteiger partial charge in [-0.25, -0.2) is 9.78 Å². The van der Waals surface area contributed by atoms with E-state index in [9.17, 15) is 4.79 Å². The largest absolute Gasteiger partial charge is 0.337 e. The van der Waals surface area contributed by atoms with Gasteiger partial charge in [0.2, 0.25) is 0 Å². The van der Waals surface area contributed by atoms with Crippen LogP contribution in [0, 0.1) is 0 Å². The molecule has 0 spiro atoms. The number of aromatic nitrogens is 3. The van der Waals surface area contributed by atoms with Gasteiger partial charge < -0.3 is 15.1 Å². The number of hydrogen-bond acceptors (Lipinski definition) is 4. The first kappa shape index (κ1) is 17.4. The first-order chi connectivity index (χ1) is 12.1. The van der Waals surface area contributed by atoms with Gasteiger partial charge in [-0.1, -0.05) is 30.3 Å². The number of likely N-dealkylation sites (tertiary alicyclic amines) is 1. The van der Waals surface area contributed by atoms with Crippen LogP contribution in [0.15, 0.2) is 30.3 Å². The van der Waals surface area contributed by atoms with E-state index in [-0.39, 0.29) is 6.03 Å². The van der Waals surface area contributed by atoms with E-state index in [4.69, 9.17) is 0 Å². The summed E-state index contributed by atoms with van der Waals surface area (Å²) < 4.78 is 0. The Morgan fingerprint density at radius 3 is 2.68 bits per heavy atom. The van der Waals surface area contributed by atoms with Crippen LogP contribution in [0.5, 0.6) is 0 Å². The Balaban J connectivity index is 1.51. The first-order valence-corrected chi connectivity index (χ1v) is 8.78. The molecule has 25 heavy (non-hydrogen) atoms. The fourth-order valence-corrected chi connectivity index (χ4v) is 3.03. The number of rotatable bonds is 5. The normalized spacial score (nSPS) is 15.6. The maximum atomic E-state index is 12.2. The average molecular weight is 342 g/mol. The van der Waals surface area contributed by atoms with Crippen molar-refractivity contribution in [2.75, 3.05) is 40.3 Å². The number of hydrogen-bond donors (Lipinski definition) is 2. The number of nitrogens with one attached hydrogen (secondary N) is 2. The lowest BCUT2D eigenvalue weighted by Gasteiger charge is -2.31. The molecule has 7 heteroatoms. The van der Waals surface area contributed by atoms with Gasteiger partial charge in [0.25, 0.3) is 0 Å². The van der Waals surface area contributed by atoms with Crippen molar-refractivity contribution in [3.8, 4) is 11.4 Å².